The molecule has 0 spiro atoms. The second kappa shape index (κ2) is 13.1. The van der Waals surface area contributed by atoms with Gasteiger partial charge in [0.1, 0.15) is 0 Å². The van der Waals surface area contributed by atoms with Crippen LogP contribution < -0.4 is 5.73 Å². The molecule has 0 radical (unpaired) electrons. The zero-order chi connectivity index (χ0) is 17.6. The lowest BCUT2D eigenvalue weighted by atomic mass is 10.00. The summed E-state index contributed by atoms with van der Waals surface area (Å²) in [5.74, 6) is 0.232. The van der Waals surface area contributed by atoms with Gasteiger partial charge in [-0.05, 0) is 18.4 Å². The van der Waals surface area contributed by atoms with Gasteiger partial charge in [0.2, 0.25) is 0 Å². The summed E-state index contributed by atoms with van der Waals surface area (Å²) in [6.07, 6.45) is 12.7. The van der Waals surface area contributed by atoms with Crippen LogP contribution in [0.3, 0.4) is 0 Å². The second-order valence-electron chi connectivity index (χ2n) is 6.85. The van der Waals surface area contributed by atoms with Crippen molar-refractivity contribution in [3.63, 3.8) is 0 Å². The normalized spacial score (nSPS) is 12.3. The van der Waals surface area contributed by atoms with E-state index in [2.05, 4.69) is 6.92 Å². The summed E-state index contributed by atoms with van der Waals surface area (Å²) >= 11 is 0. The van der Waals surface area contributed by atoms with E-state index in [4.69, 9.17) is 10.8 Å². The molecule has 136 valence electrons. The van der Waals surface area contributed by atoms with Gasteiger partial charge in [-0.1, -0.05) is 82.6 Å². The number of ketones is 1. The van der Waals surface area contributed by atoms with E-state index in [9.17, 15) is 4.79 Å². The Morgan fingerprint density at radius 1 is 0.958 bits per heavy atom. The molecule has 1 atom stereocenters. The molecule has 3 heteroatoms. The molecule has 3 nitrogen and oxygen atoms in total. The van der Waals surface area contributed by atoms with Crippen LogP contribution in [0.25, 0.3) is 0 Å². The molecule has 0 saturated carbocycles. The predicted octanol–water partition coefficient (Wildman–Crippen LogP) is 4.65. The summed E-state index contributed by atoms with van der Waals surface area (Å²) in [6, 6.07) is 7.43. The Labute approximate surface area is 147 Å². The molecular formula is C21H35NO2. The Kier molecular flexibility index (Phi) is 11.4. The molecule has 0 unspecified atom stereocenters. The van der Waals surface area contributed by atoms with Crippen LogP contribution in [0.5, 0.6) is 0 Å². The van der Waals surface area contributed by atoms with Crippen molar-refractivity contribution >= 4 is 5.78 Å². The van der Waals surface area contributed by atoms with Crippen molar-refractivity contribution in [2.75, 3.05) is 6.61 Å². The van der Waals surface area contributed by atoms with E-state index in [1.807, 2.05) is 24.3 Å². The number of unbranched alkanes of at least 4 members (excludes halogenated alkanes) is 8. The number of Topliss-reactive ketones (excluding diaryl/α,β-unsaturated/α-hetero) is 1. The van der Waals surface area contributed by atoms with Crippen LogP contribution in [-0.2, 0) is 6.42 Å². The largest absolute Gasteiger partial charge is 0.395 e. The number of carbonyl (C=O) groups is 1. The summed E-state index contributed by atoms with van der Waals surface area (Å²) in [5, 5.41) is 8.97. The van der Waals surface area contributed by atoms with E-state index in [0.717, 1.165) is 24.0 Å². The molecule has 1 rings (SSSR count). The van der Waals surface area contributed by atoms with Crippen LogP contribution >= 0.6 is 0 Å². The molecule has 24 heavy (non-hydrogen) atoms. The fourth-order valence-electron chi connectivity index (χ4n) is 2.93. The van der Waals surface area contributed by atoms with Crippen LogP contribution in [0.15, 0.2) is 24.3 Å². The van der Waals surface area contributed by atoms with Crippen molar-refractivity contribution < 1.29 is 9.90 Å². The van der Waals surface area contributed by atoms with Crippen LogP contribution in [0.2, 0.25) is 0 Å². The molecule has 0 aromatic heterocycles. The number of hydrogen-bond acceptors (Lipinski definition) is 3. The van der Waals surface area contributed by atoms with Gasteiger partial charge >= 0.3 is 0 Å². The maximum atomic E-state index is 12.2. The lowest BCUT2D eigenvalue weighted by Gasteiger charge is -2.08. The van der Waals surface area contributed by atoms with Crippen LogP contribution in [0.4, 0.5) is 0 Å². The molecule has 1 aromatic rings. The number of carbonyl (C=O) groups excluding carboxylic acids is 1. The van der Waals surface area contributed by atoms with Gasteiger partial charge in [0.15, 0.2) is 5.78 Å². The third kappa shape index (κ3) is 9.19. The third-order valence-corrected chi connectivity index (χ3v) is 4.52. The Morgan fingerprint density at radius 2 is 1.50 bits per heavy atom. The summed E-state index contributed by atoms with van der Waals surface area (Å²) in [5.41, 5.74) is 7.58. The van der Waals surface area contributed by atoms with Gasteiger partial charge < -0.3 is 10.8 Å². The molecule has 0 fully saturated rings. The van der Waals surface area contributed by atoms with Gasteiger partial charge in [-0.3, -0.25) is 4.79 Å². The highest BCUT2D eigenvalue weighted by Gasteiger charge is 2.07. The van der Waals surface area contributed by atoms with E-state index in [0.29, 0.717) is 12.8 Å². The summed E-state index contributed by atoms with van der Waals surface area (Å²) in [4.78, 5) is 12.2. The average Bonchev–Trinajstić information content (AvgIpc) is 2.60. The number of benzene rings is 1. The lowest BCUT2D eigenvalue weighted by molar-refractivity contribution is 0.0979. The van der Waals surface area contributed by atoms with Crippen molar-refractivity contribution in [2.24, 2.45) is 5.73 Å². The number of aliphatic hydroxyl groups excluding tert-OH is 1. The van der Waals surface area contributed by atoms with Gasteiger partial charge in [-0.2, -0.15) is 0 Å². The summed E-state index contributed by atoms with van der Waals surface area (Å²) < 4.78 is 0. The highest BCUT2D eigenvalue weighted by molar-refractivity contribution is 5.96. The maximum Gasteiger partial charge on any atom is 0.162 e. The lowest BCUT2D eigenvalue weighted by Crippen LogP contribution is -2.26. The maximum absolute atomic E-state index is 12.2. The van der Waals surface area contributed by atoms with Gasteiger partial charge in [-0.25, -0.2) is 0 Å². The van der Waals surface area contributed by atoms with E-state index >= 15 is 0 Å². The van der Waals surface area contributed by atoms with Gasteiger partial charge in [-0.15, -0.1) is 0 Å². The Hall–Kier alpha value is -1.19. The molecule has 0 bridgehead atoms. The molecule has 0 amide bonds. The monoisotopic (exact) mass is 333 g/mol. The number of rotatable bonds is 14. The van der Waals surface area contributed by atoms with Gasteiger partial charge in [0.05, 0.1) is 6.61 Å². The smallest absolute Gasteiger partial charge is 0.162 e. The SMILES string of the molecule is CCCCCCCCCCCC(=O)c1ccc(C[C@H](N)CO)cc1. The second-order valence-corrected chi connectivity index (χ2v) is 6.85. The summed E-state index contributed by atoms with van der Waals surface area (Å²) in [6.45, 7) is 2.23. The molecule has 0 aliphatic rings. The van der Waals surface area contributed by atoms with Crippen molar-refractivity contribution in [3.05, 3.63) is 35.4 Å². The number of nitrogens with two attached hydrogens (primary N) is 1. The Bertz CT molecular complexity index is 442. The van der Waals surface area contributed by atoms with E-state index < -0.39 is 0 Å². The first kappa shape index (κ1) is 20.9. The van der Waals surface area contributed by atoms with Crippen LogP contribution in [0.1, 0.15) is 87.1 Å². The first-order chi connectivity index (χ1) is 11.7. The van der Waals surface area contributed by atoms with Crippen molar-refractivity contribution in [2.45, 2.75) is 83.6 Å². The number of aliphatic hydroxyl groups is 1. The molecule has 3 N–H and O–H groups in total. The molecule has 0 heterocycles. The van der Waals surface area contributed by atoms with Crippen molar-refractivity contribution in [1.82, 2.24) is 0 Å². The van der Waals surface area contributed by atoms with Crippen molar-refractivity contribution in [3.8, 4) is 0 Å². The minimum absolute atomic E-state index is 0.0146. The molecule has 0 saturated heterocycles. The van der Waals surface area contributed by atoms with Crippen LogP contribution in [-0.4, -0.2) is 23.5 Å². The third-order valence-electron chi connectivity index (χ3n) is 4.52. The Morgan fingerprint density at radius 3 is 2.04 bits per heavy atom. The first-order valence-corrected chi connectivity index (χ1v) is 9.66. The standard InChI is InChI=1S/C21H35NO2/c1-2-3-4-5-6-7-8-9-10-11-21(24)19-14-12-18(13-15-19)16-20(22)17-23/h12-15,20,23H,2-11,16-17,22H2,1H3/t20-/m0/s1. The van der Waals surface area contributed by atoms with E-state index in [1.165, 1.54) is 44.9 Å². The highest BCUT2D eigenvalue weighted by atomic mass is 16.3. The van der Waals surface area contributed by atoms with Crippen LogP contribution in [0, 0.1) is 0 Å². The molecule has 0 aliphatic carbocycles. The fourth-order valence-corrected chi connectivity index (χ4v) is 2.93. The highest BCUT2D eigenvalue weighted by Crippen LogP contribution is 2.13. The van der Waals surface area contributed by atoms with Crippen molar-refractivity contribution in [1.29, 1.82) is 0 Å². The molecule has 1 aromatic carbocycles. The molecule has 0 aliphatic heterocycles. The predicted molar refractivity (Wildman–Crippen MR) is 101 cm³/mol. The van der Waals surface area contributed by atoms with Gasteiger partial charge in [0, 0.05) is 18.0 Å². The van der Waals surface area contributed by atoms with Gasteiger partial charge in [0.25, 0.3) is 0 Å². The number of hydrogen-bond donors (Lipinski definition) is 2. The minimum Gasteiger partial charge on any atom is -0.395 e. The van der Waals surface area contributed by atoms with E-state index in [1.54, 1.807) is 0 Å². The minimum atomic E-state index is -0.228. The van der Waals surface area contributed by atoms with E-state index in [-0.39, 0.29) is 18.4 Å². The summed E-state index contributed by atoms with van der Waals surface area (Å²) in [7, 11) is 0. The quantitative estimate of drug-likeness (QED) is 0.385. The fraction of sp³-hybridized carbons (Fsp3) is 0.667. The zero-order valence-electron chi connectivity index (χ0n) is 15.3. The molecular weight excluding hydrogens is 298 g/mol. The topological polar surface area (TPSA) is 63.3 Å². The zero-order valence-corrected chi connectivity index (χ0v) is 15.3. The Balaban J connectivity index is 2.14. The first-order valence-electron chi connectivity index (χ1n) is 9.66. The average molecular weight is 334 g/mol.